The predicted octanol–water partition coefficient (Wildman–Crippen LogP) is 1.63. The molecule has 0 aliphatic carbocycles. The first-order valence-electron chi connectivity index (χ1n) is 4.50. The molecule has 1 aromatic heterocycles. The van der Waals surface area contributed by atoms with Gasteiger partial charge in [0, 0.05) is 22.4 Å². The van der Waals surface area contributed by atoms with Crippen molar-refractivity contribution in [3.8, 4) is 0 Å². The number of rotatable bonds is 3. The highest BCUT2D eigenvalue weighted by atomic mass is 32.1. The lowest BCUT2D eigenvalue weighted by molar-refractivity contribution is 1.06. The Morgan fingerprint density at radius 1 is 1.47 bits per heavy atom. The van der Waals surface area contributed by atoms with Crippen molar-refractivity contribution in [2.24, 2.45) is 0 Å². The van der Waals surface area contributed by atoms with Crippen LogP contribution in [-0.4, -0.2) is 4.98 Å². The number of hydrogen-bond acceptors (Lipinski definition) is 4. The van der Waals surface area contributed by atoms with Crippen molar-refractivity contribution in [1.29, 1.82) is 0 Å². The van der Waals surface area contributed by atoms with Crippen LogP contribution in [0.5, 0.6) is 0 Å². The van der Waals surface area contributed by atoms with Gasteiger partial charge in [0.2, 0.25) is 0 Å². The van der Waals surface area contributed by atoms with E-state index in [4.69, 9.17) is 5.73 Å². The second-order valence-corrected chi connectivity index (χ2v) is 3.99. The molecule has 1 heterocycles. The van der Waals surface area contributed by atoms with Crippen LogP contribution in [0, 0.1) is 0 Å². The monoisotopic (exact) mass is 221 g/mol. The molecule has 0 aliphatic rings. The average Bonchev–Trinajstić information content (AvgIpc) is 2.62. The molecule has 4 N–H and O–H groups in total. The second kappa shape index (κ2) is 4.18. The molecule has 2 rings (SSSR count). The summed E-state index contributed by atoms with van der Waals surface area (Å²) in [7, 11) is 0. The van der Waals surface area contributed by atoms with E-state index < -0.39 is 0 Å². The zero-order valence-electron chi connectivity index (χ0n) is 7.99. The van der Waals surface area contributed by atoms with Gasteiger partial charge < -0.3 is 16.0 Å². The van der Waals surface area contributed by atoms with E-state index >= 15 is 0 Å². The molecule has 0 atom stereocenters. The van der Waals surface area contributed by atoms with Gasteiger partial charge >= 0.3 is 4.87 Å². The Morgan fingerprint density at radius 3 is 3.00 bits per heavy atom. The number of aromatic nitrogens is 1. The third-order valence-corrected chi connectivity index (χ3v) is 2.66. The molecule has 0 spiro atoms. The zero-order chi connectivity index (χ0) is 10.7. The van der Waals surface area contributed by atoms with E-state index in [0.717, 1.165) is 17.1 Å². The van der Waals surface area contributed by atoms with E-state index in [1.807, 2.05) is 29.6 Å². The van der Waals surface area contributed by atoms with Gasteiger partial charge in [0.1, 0.15) is 0 Å². The molecule has 4 nitrogen and oxygen atoms in total. The maximum Gasteiger partial charge on any atom is 0.304 e. The number of nitrogen functional groups attached to an aromatic ring is 1. The summed E-state index contributed by atoms with van der Waals surface area (Å²) in [6, 6.07) is 7.50. The molecule has 0 radical (unpaired) electrons. The Morgan fingerprint density at radius 2 is 2.33 bits per heavy atom. The number of anilines is 2. The molecule has 78 valence electrons. The highest BCUT2D eigenvalue weighted by Crippen LogP contribution is 2.12. The lowest BCUT2D eigenvalue weighted by Crippen LogP contribution is -2.02. The molecule has 0 saturated heterocycles. The Bertz CT molecular complexity index is 503. The fourth-order valence-corrected chi connectivity index (χ4v) is 1.83. The molecular weight excluding hydrogens is 210 g/mol. The van der Waals surface area contributed by atoms with E-state index in [-0.39, 0.29) is 4.87 Å². The number of thiazole rings is 1. The topological polar surface area (TPSA) is 70.9 Å². The van der Waals surface area contributed by atoms with Crippen LogP contribution in [0.4, 0.5) is 11.4 Å². The zero-order valence-corrected chi connectivity index (χ0v) is 8.80. The molecule has 15 heavy (non-hydrogen) atoms. The molecule has 0 unspecified atom stereocenters. The van der Waals surface area contributed by atoms with E-state index in [0.29, 0.717) is 6.54 Å². The summed E-state index contributed by atoms with van der Waals surface area (Å²) < 4.78 is 0. The van der Waals surface area contributed by atoms with Crippen LogP contribution in [0.1, 0.15) is 5.69 Å². The van der Waals surface area contributed by atoms with Crippen LogP contribution in [0.15, 0.2) is 34.4 Å². The molecule has 0 saturated carbocycles. The lowest BCUT2D eigenvalue weighted by Gasteiger charge is -2.04. The molecule has 2 aromatic rings. The number of nitrogens with one attached hydrogen (secondary N) is 2. The van der Waals surface area contributed by atoms with E-state index in [2.05, 4.69) is 10.3 Å². The minimum Gasteiger partial charge on any atom is -0.399 e. The fourth-order valence-electron chi connectivity index (χ4n) is 1.25. The van der Waals surface area contributed by atoms with Gasteiger partial charge in [0.05, 0.1) is 6.54 Å². The van der Waals surface area contributed by atoms with Crippen LogP contribution in [-0.2, 0) is 6.54 Å². The van der Waals surface area contributed by atoms with Gasteiger partial charge in [-0.2, -0.15) is 0 Å². The SMILES string of the molecule is Nc1cccc(NCc2csc(=O)[nH]2)c1. The summed E-state index contributed by atoms with van der Waals surface area (Å²) in [6.07, 6.45) is 0. The van der Waals surface area contributed by atoms with Gasteiger partial charge in [-0.3, -0.25) is 4.79 Å². The van der Waals surface area contributed by atoms with Crippen LogP contribution >= 0.6 is 11.3 Å². The molecule has 1 aromatic carbocycles. The van der Waals surface area contributed by atoms with Gasteiger partial charge in [-0.05, 0) is 18.2 Å². The first-order valence-corrected chi connectivity index (χ1v) is 5.38. The van der Waals surface area contributed by atoms with Crippen molar-refractivity contribution < 1.29 is 0 Å². The Kier molecular flexibility index (Phi) is 2.73. The Labute approximate surface area is 90.8 Å². The van der Waals surface area contributed by atoms with Crippen molar-refractivity contribution in [2.75, 3.05) is 11.1 Å². The predicted molar refractivity (Wildman–Crippen MR) is 63.1 cm³/mol. The molecule has 5 heteroatoms. The molecule has 0 amide bonds. The summed E-state index contributed by atoms with van der Waals surface area (Å²) in [5.74, 6) is 0. The minimum absolute atomic E-state index is 0.0284. The van der Waals surface area contributed by atoms with E-state index in [9.17, 15) is 4.79 Å². The van der Waals surface area contributed by atoms with Crippen molar-refractivity contribution in [3.63, 3.8) is 0 Å². The van der Waals surface area contributed by atoms with Gasteiger partial charge in [0.15, 0.2) is 0 Å². The number of hydrogen-bond donors (Lipinski definition) is 3. The summed E-state index contributed by atoms with van der Waals surface area (Å²) in [5, 5.41) is 4.98. The normalized spacial score (nSPS) is 10.1. The third kappa shape index (κ3) is 2.60. The second-order valence-electron chi connectivity index (χ2n) is 3.15. The molecule has 0 bridgehead atoms. The summed E-state index contributed by atoms with van der Waals surface area (Å²) in [6.45, 7) is 0.599. The highest BCUT2D eigenvalue weighted by Gasteiger charge is 1.96. The quantitative estimate of drug-likeness (QED) is 0.690. The number of nitrogens with two attached hydrogens (primary N) is 1. The van der Waals surface area contributed by atoms with E-state index in [1.54, 1.807) is 0 Å². The molecular formula is C10H11N3OS. The van der Waals surface area contributed by atoms with Crippen molar-refractivity contribution in [1.82, 2.24) is 4.98 Å². The Hall–Kier alpha value is -1.75. The summed E-state index contributed by atoms with van der Waals surface area (Å²) in [5.41, 5.74) is 8.19. The fraction of sp³-hybridized carbons (Fsp3) is 0.100. The number of H-pyrrole nitrogens is 1. The van der Waals surface area contributed by atoms with Gasteiger partial charge in [-0.15, -0.1) is 0 Å². The van der Waals surface area contributed by atoms with Crippen molar-refractivity contribution in [3.05, 3.63) is 45.0 Å². The molecule has 0 fully saturated rings. The van der Waals surface area contributed by atoms with Gasteiger partial charge in [0.25, 0.3) is 0 Å². The highest BCUT2D eigenvalue weighted by molar-refractivity contribution is 7.07. The molecule has 0 aliphatic heterocycles. The summed E-state index contributed by atoms with van der Waals surface area (Å²) in [4.78, 5) is 13.6. The average molecular weight is 221 g/mol. The van der Waals surface area contributed by atoms with E-state index in [1.165, 1.54) is 11.3 Å². The van der Waals surface area contributed by atoms with Crippen molar-refractivity contribution >= 4 is 22.7 Å². The Balaban J connectivity index is 2.02. The maximum atomic E-state index is 10.9. The van der Waals surface area contributed by atoms with Crippen molar-refractivity contribution in [2.45, 2.75) is 6.54 Å². The third-order valence-electron chi connectivity index (χ3n) is 1.94. The van der Waals surface area contributed by atoms with Crippen LogP contribution < -0.4 is 15.9 Å². The largest absolute Gasteiger partial charge is 0.399 e. The maximum absolute atomic E-state index is 10.9. The van der Waals surface area contributed by atoms with Gasteiger partial charge in [-0.1, -0.05) is 17.4 Å². The lowest BCUT2D eigenvalue weighted by atomic mass is 10.3. The first kappa shape index (κ1) is 9.79. The minimum atomic E-state index is -0.0284. The van der Waals surface area contributed by atoms with Crippen LogP contribution in [0.25, 0.3) is 0 Å². The van der Waals surface area contributed by atoms with Gasteiger partial charge in [-0.25, -0.2) is 0 Å². The van der Waals surface area contributed by atoms with Crippen LogP contribution in [0.2, 0.25) is 0 Å². The number of benzene rings is 1. The smallest absolute Gasteiger partial charge is 0.304 e. The first-order chi connectivity index (χ1) is 7.24. The standard InChI is InChI=1S/C10H11N3OS/c11-7-2-1-3-8(4-7)12-5-9-6-15-10(14)13-9/h1-4,6,12H,5,11H2,(H,13,14). The number of aromatic amines is 1. The summed E-state index contributed by atoms with van der Waals surface area (Å²) >= 11 is 1.17. The van der Waals surface area contributed by atoms with Crippen LogP contribution in [0.3, 0.4) is 0 Å².